The van der Waals surface area contributed by atoms with Gasteiger partial charge in [-0.25, -0.2) is 0 Å². The third kappa shape index (κ3) is 63.3. The highest BCUT2D eigenvalue weighted by atomic mass is 16.6. The highest BCUT2D eigenvalue weighted by Gasteiger charge is 2.19. The Morgan fingerprint density at radius 2 is 0.487 bits per heavy atom. The Hall–Kier alpha value is -5.49. The zero-order valence-corrected chi connectivity index (χ0v) is 51.0. The summed E-state index contributed by atoms with van der Waals surface area (Å²) in [6.45, 7) is 6.30. The van der Waals surface area contributed by atoms with Gasteiger partial charge in [-0.3, -0.25) is 14.4 Å². The van der Waals surface area contributed by atoms with Crippen LogP contribution in [0.2, 0.25) is 0 Å². The van der Waals surface area contributed by atoms with Crippen LogP contribution < -0.4 is 0 Å². The smallest absolute Gasteiger partial charge is 0.306 e. The molecule has 0 spiro atoms. The molecule has 0 aromatic rings. The Kier molecular flexibility index (Phi) is 61.5. The summed E-state index contributed by atoms with van der Waals surface area (Å²) >= 11 is 0. The van der Waals surface area contributed by atoms with Gasteiger partial charge in [-0.15, -0.1) is 0 Å². The van der Waals surface area contributed by atoms with Crippen LogP contribution in [0.3, 0.4) is 0 Å². The third-order valence-corrected chi connectivity index (χ3v) is 12.6. The van der Waals surface area contributed by atoms with E-state index in [1.165, 1.54) is 19.3 Å². The van der Waals surface area contributed by atoms with E-state index in [0.717, 1.165) is 180 Å². The van der Waals surface area contributed by atoms with E-state index < -0.39 is 6.10 Å². The number of hydrogen-bond donors (Lipinski definition) is 0. The van der Waals surface area contributed by atoms with Crippen molar-refractivity contribution in [2.24, 2.45) is 0 Å². The lowest BCUT2D eigenvalue weighted by atomic mass is 10.1. The van der Waals surface area contributed by atoms with E-state index in [1.54, 1.807) is 0 Å². The molecule has 0 fully saturated rings. The van der Waals surface area contributed by atoms with Gasteiger partial charge in [0.1, 0.15) is 13.2 Å². The normalized spacial score (nSPS) is 13.4. The van der Waals surface area contributed by atoms with Crippen LogP contribution in [-0.2, 0) is 28.6 Å². The molecule has 0 heterocycles. The molecular weight excluding hydrogens is 985 g/mol. The van der Waals surface area contributed by atoms with Crippen LogP contribution in [0.25, 0.3) is 0 Å². The summed E-state index contributed by atoms with van der Waals surface area (Å²) in [5, 5.41) is 0. The maximum atomic E-state index is 12.9. The van der Waals surface area contributed by atoms with Crippen LogP contribution in [0.5, 0.6) is 0 Å². The topological polar surface area (TPSA) is 78.9 Å². The molecule has 0 aliphatic heterocycles. The second kappa shape index (κ2) is 66.0. The van der Waals surface area contributed by atoms with Gasteiger partial charge in [0.05, 0.1) is 0 Å². The second-order valence-corrected chi connectivity index (χ2v) is 20.2. The van der Waals surface area contributed by atoms with E-state index in [-0.39, 0.29) is 37.5 Å². The van der Waals surface area contributed by atoms with Gasteiger partial charge < -0.3 is 14.2 Å². The van der Waals surface area contributed by atoms with Gasteiger partial charge in [0.2, 0.25) is 0 Å². The molecule has 0 amide bonds. The minimum absolute atomic E-state index is 0.116. The number of hydrogen-bond acceptors (Lipinski definition) is 6. The highest BCUT2D eigenvalue weighted by molar-refractivity contribution is 5.71. The lowest BCUT2D eigenvalue weighted by Gasteiger charge is -2.18. The maximum Gasteiger partial charge on any atom is 0.306 e. The number of ether oxygens (including phenoxy) is 3. The summed E-state index contributed by atoms with van der Waals surface area (Å²) in [6.07, 6.45) is 98.9. The first-order valence-electron chi connectivity index (χ1n) is 31.8. The minimum Gasteiger partial charge on any atom is -0.462 e. The molecule has 0 bridgehead atoms. The first-order valence-corrected chi connectivity index (χ1v) is 31.8. The number of carbonyl (C=O) groups excluding carboxylic acids is 3. The number of esters is 3. The Morgan fingerprint density at radius 3 is 0.775 bits per heavy atom. The zero-order valence-electron chi connectivity index (χ0n) is 51.0. The molecule has 0 aromatic carbocycles. The third-order valence-electron chi connectivity index (χ3n) is 12.6. The van der Waals surface area contributed by atoms with Crippen LogP contribution in [0.4, 0.5) is 0 Å². The maximum absolute atomic E-state index is 12.9. The van der Waals surface area contributed by atoms with E-state index in [9.17, 15) is 14.4 Å². The molecule has 6 nitrogen and oxygen atoms in total. The number of unbranched alkanes of at least 4 members (excludes halogenated alkanes) is 14. The fourth-order valence-electron chi connectivity index (χ4n) is 7.91. The van der Waals surface area contributed by atoms with Gasteiger partial charge in [-0.2, -0.15) is 0 Å². The Morgan fingerprint density at radius 1 is 0.263 bits per heavy atom. The molecule has 6 heteroatoms. The summed E-state index contributed by atoms with van der Waals surface area (Å²) in [5.74, 6) is -0.996. The second-order valence-electron chi connectivity index (χ2n) is 20.2. The molecular formula is C74H114O6. The fraction of sp³-hybridized carbons (Fsp3) is 0.554. The van der Waals surface area contributed by atoms with Crippen molar-refractivity contribution in [2.75, 3.05) is 13.2 Å². The fourth-order valence-corrected chi connectivity index (χ4v) is 7.91. The molecule has 0 aromatic heterocycles. The van der Waals surface area contributed by atoms with Gasteiger partial charge in [0.15, 0.2) is 6.10 Å². The summed E-state index contributed by atoms with van der Waals surface area (Å²) in [7, 11) is 0. The molecule has 0 N–H and O–H groups in total. The molecule has 0 radical (unpaired) electrons. The average Bonchev–Trinajstić information content (AvgIpc) is 3.46. The lowest BCUT2D eigenvalue weighted by molar-refractivity contribution is -0.167. The van der Waals surface area contributed by atoms with Crippen molar-refractivity contribution < 1.29 is 28.6 Å². The van der Waals surface area contributed by atoms with Crippen LogP contribution in [0.15, 0.2) is 182 Å². The molecule has 1 unspecified atom stereocenters. The van der Waals surface area contributed by atoms with Crippen LogP contribution in [0.1, 0.15) is 245 Å². The SMILES string of the molecule is CC/C=C\C/C=C\C/C=C\C/C=C\C/C=C\C/C=C\C/C=C\C/C=C\CCCCCCC(=O)OCC(COC(=O)CCCCCCC/C=C\C/C=C\CCCC)OC(=O)CCCCC/C=C\C/C=C\C/C=C\C/C=C\C/C=C\CC. The summed E-state index contributed by atoms with van der Waals surface area (Å²) in [4.78, 5) is 38.3. The predicted octanol–water partition coefficient (Wildman–Crippen LogP) is 22.0. The quantitative estimate of drug-likeness (QED) is 0.0261. The van der Waals surface area contributed by atoms with Crippen molar-refractivity contribution in [3.8, 4) is 0 Å². The number of carbonyl (C=O) groups is 3. The predicted molar refractivity (Wildman–Crippen MR) is 348 cm³/mol. The van der Waals surface area contributed by atoms with Gasteiger partial charge in [0.25, 0.3) is 0 Å². The zero-order chi connectivity index (χ0) is 57.8. The van der Waals surface area contributed by atoms with E-state index in [4.69, 9.17) is 14.2 Å². The molecule has 0 aliphatic rings. The molecule has 0 aliphatic carbocycles. The Bertz CT molecular complexity index is 1890. The first-order chi connectivity index (χ1) is 39.5. The van der Waals surface area contributed by atoms with Crippen LogP contribution >= 0.6 is 0 Å². The molecule has 0 saturated heterocycles. The van der Waals surface area contributed by atoms with Crippen molar-refractivity contribution >= 4 is 17.9 Å². The van der Waals surface area contributed by atoms with Crippen molar-refractivity contribution in [3.05, 3.63) is 182 Å². The molecule has 1 atom stereocenters. The average molecular weight is 1100 g/mol. The molecule has 446 valence electrons. The number of rotatable bonds is 55. The van der Waals surface area contributed by atoms with E-state index in [2.05, 4.69) is 203 Å². The Balaban J connectivity index is 4.49. The van der Waals surface area contributed by atoms with E-state index in [0.29, 0.717) is 19.3 Å². The van der Waals surface area contributed by atoms with Crippen LogP contribution in [0, 0.1) is 0 Å². The number of allylic oxidation sites excluding steroid dienone is 30. The van der Waals surface area contributed by atoms with E-state index >= 15 is 0 Å². The molecule has 0 saturated carbocycles. The van der Waals surface area contributed by atoms with Crippen molar-refractivity contribution in [1.82, 2.24) is 0 Å². The van der Waals surface area contributed by atoms with Gasteiger partial charge >= 0.3 is 17.9 Å². The largest absolute Gasteiger partial charge is 0.462 e. The van der Waals surface area contributed by atoms with Crippen molar-refractivity contribution in [1.29, 1.82) is 0 Å². The highest BCUT2D eigenvalue weighted by Crippen LogP contribution is 2.13. The summed E-state index contributed by atoms with van der Waals surface area (Å²) in [5.41, 5.74) is 0. The van der Waals surface area contributed by atoms with Gasteiger partial charge in [0, 0.05) is 19.3 Å². The monoisotopic (exact) mass is 1100 g/mol. The standard InChI is InChI=1S/C74H114O6/c1-4-7-10-13-16-19-22-25-28-30-32-33-34-35-36-37-38-39-40-41-43-44-46-49-52-55-58-61-64-67-73(76)79-70-71(69-78-72(75)66-63-60-57-54-51-48-27-24-21-18-15-12-9-6-3)80-74(77)68-65-62-59-56-53-50-47-45-42-31-29-26-23-20-17-14-11-8-5-2/h7-8,10-11,15-20,24-29,32-33,35-36,38-39,41-43,45-46,49-50,53,71H,4-6,9,12-14,21-23,30-31,34,37,40,44,47-48,51-52,54-70H2,1-3H3/b10-7-,11-8-,18-15-,19-16-,20-17-,27-24-,28-25-,29-26-,33-32-,36-35-,39-38-,43-41-,45-42-,49-46-,53-50-. The summed E-state index contributed by atoms with van der Waals surface area (Å²) in [6, 6.07) is 0. The van der Waals surface area contributed by atoms with Gasteiger partial charge in [-0.05, 0) is 154 Å². The van der Waals surface area contributed by atoms with Crippen molar-refractivity contribution in [3.63, 3.8) is 0 Å². The lowest BCUT2D eigenvalue weighted by Crippen LogP contribution is -2.30. The van der Waals surface area contributed by atoms with E-state index in [1.807, 2.05) is 0 Å². The molecule has 0 rings (SSSR count). The van der Waals surface area contributed by atoms with Crippen molar-refractivity contribution in [2.45, 2.75) is 252 Å². The van der Waals surface area contributed by atoms with Crippen LogP contribution in [-0.4, -0.2) is 37.2 Å². The first kappa shape index (κ1) is 74.5. The van der Waals surface area contributed by atoms with Gasteiger partial charge in [-0.1, -0.05) is 254 Å². The summed E-state index contributed by atoms with van der Waals surface area (Å²) < 4.78 is 16.8. The molecule has 80 heavy (non-hydrogen) atoms. The minimum atomic E-state index is -0.824. The Labute approximate surface area is 491 Å².